The van der Waals surface area contributed by atoms with Gasteiger partial charge in [-0.05, 0) is 37.3 Å². The van der Waals surface area contributed by atoms with Crippen molar-refractivity contribution < 1.29 is 22.8 Å². The smallest absolute Gasteiger partial charge is 0.363 e. The minimum absolute atomic E-state index is 0.0300. The summed E-state index contributed by atoms with van der Waals surface area (Å²) in [4.78, 5) is 32.2. The number of benzene rings is 1. The molecule has 1 atom stereocenters. The number of nitriles is 1. The van der Waals surface area contributed by atoms with Gasteiger partial charge in [0.05, 0.1) is 17.2 Å². The van der Waals surface area contributed by atoms with Crippen molar-refractivity contribution in [1.29, 1.82) is 5.26 Å². The number of carbonyl (C=O) groups is 2. The maximum absolute atomic E-state index is 13.0. The molecule has 13 heteroatoms. The summed E-state index contributed by atoms with van der Waals surface area (Å²) in [6.45, 7) is 1.47. The predicted octanol–water partition coefficient (Wildman–Crippen LogP) is 2.80. The van der Waals surface area contributed by atoms with Crippen LogP contribution in [0.3, 0.4) is 0 Å². The number of nitrogens with zero attached hydrogens (tertiary/aromatic N) is 5. The topological polar surface area (TPSA) is 140 Å². The summed E-state index contributed by atoms with van der Waals surface area (Å²) in [6, 6.07) is 6.30. The Bertz CT molecular complexity index is 1230. The highest BCUT2D eigenvalue weighted by Gasteiger charge is 2.32. The highest BCUT2D eigenvalue weighted by Crippen LogP contribution is 2.32. The van der Waals surface area contributed by atoms with E-state index >= 15 is 0 Å². The summed E-state index contributed by atoms with van der Waals surface area (Å²) < 4.78 is 40.2. The van der Waals surface area contributed by atoms with E-state index in [1.54, 1.807) is 0 Å². The van der Waals surface area contributed by atoms with Gasteiger partial charge in [0.25, 0.3) is 11.8 Å². The molecule has 0 spiro atoms. The SMILES string of the molecule is CC(NC(=O)c1cc(Cl)cc(C(F)(F)F)c1)c1nc(C(N)=O)nn1-c1ccc(C#N)cn1. The first-order valence-electron chi connectivity index (χ1n) is 8.81. The van der Waals surface area contributed by atoms with Gasteiger partial charge in [0, 0.05) is 16.8 Å². The minimum atomic E-state index is -4.69. The van der Waals surface area contributed by atoms with Crippen LogP contribution in [-0.2, 0) is 6.18 Å². The van der Waals surface area contributed by atoms with Crippen molar-refractivity contribution in [2.75, 3.05) is 0 Å². The first-order chi connectivity index (χ1) is 15.0. The number of halogens is 4. The summed E-state index contributed by atoms with van der Waals surface area (Å²) in [6.07, 6.45) is -3.43. The van der Waals surface area contributed by atoms with Crippen LogP contribution >= 0.6 is 11.6 Å². The number of alkyl halides is 3. The number of amides is 2. The summed E-state index contributed by atoms with van der Waals surface area (Å²) in [7, 11) is 0. The number of carbonyl (C=O) groups excluding carboxylic acids is 2. The van der Waals surface area contributed by atoms with E-state index in [9.17, 15) is 22.8 Å². The number of nitrogens with one attached hydrogen (secondary N) is 1. The lowest BCUT2D eigenvalue weighted by molar-refractivity contribution is -0.137. The van der Waals surface area contributed by atoms with Crippen LogP contribution in [0.1, 0.15) is 50.9 Å². The monoisotopic (exact) mass is 463 g/mol. The van der Waals surface area contributed by atoms with Gasteiger partial charge in [0.2, 0.25) is 5.82 Å². The van der Waals surface area contributed by atoms with Crippen molar-refractivity contribution in [1.82, 2.24) is 25.1 Å². The molecule has 3 N–H and O–H groups in total. The number of hydrogen-bond acceptors (Lipinski definition) is 6. The van der Waals surface area contributed by atoms with E-state index in [1.165, 1.54) is 25.3 Å². The first-order valence-corrected chi connectivity index (χ1v) is 9.19. The second-order valence-electron chi connectivity index (χ2n) is 6.51. The van der Waals surface area contributed by atoms with Crippen LogP contribution in [0, 0.1) is 11.3 Å². The van der Waals surface area contributed by atoms with Crippen molar-refractivity contribution in [3.63, 3.8) is 0 Å². The molecule has 2 aromatic heterocycles. The zero-order chi connectivity index (χ0) is 23.6. The standard InChI is InChI=1S/C19H13ClF3N7O2/c1-9(27-18(32)11-4-12(19(21,22)23)6-13(20)5-11)17-28-16(15(25)31)29-30(17)14-3-2-10(7-24)8-26-14/h2-6,8-9H,1H3,(H2,25,31)(H,27,32). The molecule has 0 radical (unpaired) electrons. The second kappa shape index (κ2) is 8.64. The van der Waals surface area contributed by atoms with Crippen molar-refractivity contribution in [2.45, 2.75) is 19.1 Å². The molecule has 0 fully saturated rings. The first kappa shape index (κ1) is 22.7. The van der Waals surface area contributed by atoms with Gasteiger partial charge in [-0.1, -0.05) is 11.6 Å². The molecule has 0 saturated heterocycles. The Morgan fingerprint density at radius 2 is 2.00 bits per heavy atom. The quantitative estimate of drug-likeness (QED) is 0.596. The summed E-state index contributed by atoms with van der Waals surface area (Å²) in [5, 5.41) is 15.1. The molecule has 2 heterocycles. The molecule has 0 aliphatic carbocycles. The van der Waals surface area contributed by atoms with Crippen LogP contribution in [0.15, 0.2) is 36.5 Å². The van der Waals surface area contributed by atoms with E-state index < -0.39 is 29.6 Å². The molecule has 0 saturated carbocycles. The summed E-state index contributed by atoms with van der Waals surface area (Å²) >= 11 is 5.73. The van der Waals surface area contributed by atoms with E-state index in [2.05, 4.69) is 20.4 Å². The van der Waals surface area contributed by atoms with Crippen LogP contribution in [-0.4, -0.2) is 31.6 Å². The average Bonchev–Trinajstić information content (AvgIpc) is 3.18. The predicted molar refractivity (Wildman–Crippen MR) is 105 cm³/mol. The number of pyridine rings is 1. The molecular weight excluding hydrogens is 451 g/mol. The maximum atomic E-state index is 13.0. The van der Waals surface area contributed by atoms with Gasteiger partial charge < -0.3 is 11.1 Å². The van der Waals surface area contributed by atoms with E-state index in [1.807, 2.05) is 6.07 Å². The molecule has 32 heavy (non-hydrogen) atoms. The molecular formula is C19H13ClF3N7O2. The van der Waals surface area contributed by atoms with Crippen molar-refractivity contribution in [2.24, 2.45) is 5.73 Å². The zero-order valence-electron chi connectivity index (χ0n) is 16.2. The lowest BCUT2D eigenvalue weighted by Crippen LogP contribution is -2.29. The Hall–Kier alpha value is -3.98. The van der Waals surface area contributed by atoms with Crippen molar-refractivity contribution >= 4 is 23.4 Å². The summed E-state index contributed by atoms with van der Waals surface area (Å²) in [5.41, 5.74) is 4.10. The maximum Gasteiger partial charge on any atom is 0.416 e. The molecule has 0 aliphatic rings. The molecule has 1 aromatic carbocycles. The fraction of sp³-hybridized carbons (Fsp3) is 0.158. The Morgan fingerprint density at radius 1 is 1.28 bits per heavy atom. The highest BCUT2D eigenvalue weighted by atomic mass is 35.5. The van der Waals surface area contributed by atoms with Crippen molar-refractivity contribution in [3.8, 4) is 11.9 Å². The van der Waals surface area contributed by atoms with Gasteiger partial charge in [-0.3, -0.25) is 9.59 Å². The average molecular weight is 464 g/mol. The van der Waals surface area contributed by atoms with Crippen LogP contribution in [0.5, 0.6) is 0 Å². The van der Waals surface area contributed by atoms with Gasteiger partial charge in [0.15, 0.2) is 11.6 Å². The molecule has 3 aromatic rings. The Morgan fingerprint density at radius 3 is 2.56 bits per heavy atom. The van der Waals surface area contributed by atoms with E-state index in [-0.39, 0.29) is 33.6 Å². The molecule has 9 nitrogen and oxygen atoms in total. The lowest BCUT2D eigenvalue weighted by atomic mass is 10.1. The zero-order valence-corrected chi connectivity index (χ0v) is 16.9. The minimum Gasteiger partial charge on any atom is -0.363 e. The van der Waals surface area contributed by atoms with Gasteiger partial charge in [-0.25, -0.2) is 9.97 Å². The highest BCUT2D eigenvalue weighted by molar-refractivity contribution is 6.31. The van der Waals surface area contributed by atoms with E-state index in [4.69, 9.17) is 22.6 Å². The molecule has 0 aliphatic heterocycles. The van der Waals surface area contributed by atoms with E-state index in [0.717, 1.165) is 10.7 Å². The third-order valence-electron chi connectivity index (χ3n) is 4.17. The van der Waals surface area contributed by atoms with Gasteiger partial charge >= 0.3 is 6.18 Å². The van der Waals surface area contributed by atoms with Crippen LogP contribution in [0.4, 0.5) is 13.2 Å². The number of nitrogens with two attached hydrogens (primary N) is 1. The van der Waals surface area contributed by atoms with E-state index in [0.29, 0.717) is 12.1 Å². The normalized spacial score (nSPS) is 12.1. The lowest BCUT2D eigenvalue weighted by Gasteiger charge is -2.15. The summed E-state index contributed by atoms with van der Waals surface area (Å²) in [5.74, 6) is -1.98. The van der Waals surface area contributed by atoms with Gasteiger partial charge in [0.1, 0.15) is 6.07 Å². The number of hydrogen-bond donors (Lipinski definition) is 2. The third kappa shape index (κ3) is 4.84. The van der Waals surface area contributed by atoms with Crippen LogP contribution < -0.4 is 11.1 Å². The number of aromatic nitrogens is 4. The molecule has 3 rings (SSSR count). The third-order valence-corrected chi connectivity index (χ3v) is 4.39. The van der Waals surface area contributed by atoms with Crippen LogP contribution in [0.25, 0.3) is 5.82 Å². The Labute approximate surface area is 183 Å². The van der Waals surface area contributed by atoms with Crippen molar-refractivity contribution in [3.05, 3.63) is 69.9 Å². The largest absolute Gasteiger partial charge is 0.416 e. The molecule has 2 amide bonds. The molecule has 164 valence electrons. The van der Waals surface area contributed by atoms with Gasteiger partial charge in [-0.15, -0.1) is 5.10 Å². The molecule has 1 unspecified atom stereocenters. The Balaban J connectivity index is 1.95. The Kier molecular flexibility index (Phi) is 6.13. The second-order valence-corrected chi connectivity index (χ2v) is 6.94. The fourth-order valence-corrected chi connectivity index (χ4v) is 2.92. The molecule has 0 bridgehead atoms. The fourth-order valence-electron chi connectivity index (χ4n) is 2.68. The van der Waals surface area contributed by atoms with Gasteiger partial charge in [-0.2, -0.15) is 23.1 Å². The van der Waals surface area contributed by atoms with Crippen LogP contribution in [0.2, 0.25) is 5.02 Å². The number of primary amides is 1. The number of rotatable bonds is 5.